The number of para-hydroxylation sites is 1. The van der Waals surface area contributed by atoms with Crippen molar-refractivity contribution in [3.05, 3.63) is 63.6 Å². The highest BCUT2D eigenvalue weighted by atomic mass is 35.5. The van der Waals surface area contributed by atoms with Crippen LogP contribution in [0.5, 0.6) is 0 Å². The van der Waals surface area contributed by atoms with Crippen LogP contribution in [0, 0.1) is 11.6 Å². The highest BCUT2D eigenvalue weighted by Gasteiger charge is 2.22. The van der Waals surface area contributed by atoms with Gasteiger partial charge in [-0.2, -0.15) is 0 Å². The molecule has 2 N–H and O–H groups in total. The van der Waals surface area contributed by atoms with E-state index in [9.17, 15) is 18.4 Å². The van der Waals surface area contributed by atoms with E-state index < -0.39 is 29.6 Å². The molecule has 0 aliphatic heterocycles. The molecule has 9 heteroatoms. The molecule has 1 unspecified atom stereocenters. The van der Waals surface area contributed by atoms with E-state index in [0.29, 0.717) is 0 Å². The molecule has 0 spiro atoms. The van der Waals surface area contributed by atoms with Gasteiger partial charge in [-0.15, -0.1) is 0 Å². The van der Waals surface area contributed by atoms with E-state index in [2.05, 4.69) is 15.4 Å². The number of carbonyl (C=O) groups excluding carboxylic acids is 2. The van der Waals surface area contributed by atoms with Crippen LogP contribution in [0.3, 0.4) is 0 Å². The van der Waals surface area contributed by atoms with Crippen LogP contribution in [0.1, 0.15) is 5.56 Å². The van der Waals surface area contributed by atoms with E-state index in [1.54, 1.807) is 18.2 Å². The third-order valence-corrected chi connectivity index (χ3v) is 4.29. The predicted octanol–water partition coefficient (Wildman–Crippen LogP) is 3.58. The fraction of sp³-hybridized carbons (Fsp3) is 0.222. The zero-order valence-electron chi connectivity index (χ0n) is 14.2. The zero-order chi connectivity index (χ0) is 20.0. The molecule has 5 nitrogen and oxygen atoms in total. The van der Waals surface area contributed by atoms with E-state index in [1.165, 1.54) is 13.2 Å². The van der Waals surface area contributed by atoms with Crippen molar-refractivity contribution >= 4 is 40.8 Å². The summed E-state index contributed by atoms with van der Waals surface area (Å²) in [5.74, 6) is -2.73. The molecule has 1 amide bonds. The predicted molar refractivity (Wildman–Crippen MR) is 99.0 cm³/mol. The number of hydrogen-bond acceptors (Lipinski definition) is 4. The number of hydrogen-bond donors (Lipinski definition) is 2. The maximum absolute atomic E-state index is 13.8. The molecule has 2 aromatic carbocycles. The minimum atomic E-state index is -1.01. The number of methoxy groups -OCH3 is 1. The van der Waals surface area contributed by atoms with Crippen LogP contribution >= 0.6 is 23.2 Å². The number of halogens is 4. The van der Waals surface area contributed by atoms with Crippen molar-refractivity contribution in [3.63, 3.8) is 0 Å². The molecule has 2 aromatic rings. The van der Waals surface area contributed by atoms with E-state index in [4.69, 9.17) is 23.2 Å². The zero-order valence-corrected chi connectivity index (χ0v) is 15.7. The Morgan fingerprint density at radius 3 is 2.41 bits per heavy atom. The maximum atomic E-state index is 13.8. The number of carbonyl (C=O) groups is 2. The van der Waals surface area contributed by atoms with Gasteiger partial charge in [0.2, 0.25) is 5.91 Å². The van der Waals surface area contributed by atoms with Gasteiger partial charge in [-0.1, -0.05) is 35.3 Å². The van der Waals surface area contributed by atoms with E-state index >= 15 is 0 Å². The number of benzene rings is 2. The molecule has 0 aliphatic carbocycles. The van der Waals surface area contributed by atoms with Crippen LogP contribution in [0.4, 0.5) is 14.5 Å². The lowest BCUT2D eigenvalue weighted by Crippen LogP contribution is -2.43. The Labute approximate surface area is 164 Å². The van der Waals surface area contributed by atoms with Crippen LogP contribution in [0.25, 0.3) is 0 Å². The summed E-state index contributed by atoms with van der Waals surface area (Å²) in [5, 5.41) is 5.74. The maximum Gasteiger partial charge on any atom is 0.323 e. The van der Waals surface area contributed by atoms with Crippen LogP contribution < -0.4 is 10.6 Å². The lowest BCUT2D eigenvalue weighted by molar-refractivity contribution is -0.143. The molecular weight excluding hydrogens is 401 g/mol. The summed E-state index contributed by atoms with van der Waals surface area (Å²) >= 11 is 12.0. The molecule has 27 heavy (non-hydrogen) atoms. The second-order valence-corrected chi connectivity index (χ2v) is 6.36. The fourth-order valence-corrected chi connectivity index (χ4v) is 2.80. The van der Waals surface area contributed by atoms with Gasteiger partial charge in [-0.05, 0) is 23.8 Å². The molecule has 0 heterocycles. The van der Waals surface area contributed by atoms with Crippen molar-refractivity contribution in [2.45, 2.75) is 12.5 Å². The summed E-state index contributed by atoms with van der Waals surface area (Å²) < 4.78 is 31.5. The minimum Gasteiger partial charge on any atom is -0.468 e. The van der Waals surface area contributed by atoms with Gasteiger partial charge in [0.1, 0.15) is 17.7 Å². The first-order chi connectivity index (χ1) is 12.8. The van der Waals surface area contributed by atoms with E-state index in [-0.39, 0.29) is 34.3 Å². The summed E-state index contributed by atoms with van der Waals surface area (Å²) in [6, 6.07) is 6.77. The van der Waals surface area contributed by atoms with Gasteiger partial charge >= 0.3 is 5.97 Å². The molecule has 0 aromatic heterocycles. The van der Waals surface area contributed by atoms with Gasteiger partial charge in [-0.25, -0.2) is 8.78 Å². The second-order valence-electron chi connectivity index (χ2n) is 5.54. The Morgan fingerprint density at radius 2 is 1.81 bits per heavy atom. The minimum absolute atomic E-state index is 0.105. The third-order valence-electron chi connectivity index (χ3n) is 3.66. The Hall–Kier alpha value is -2.22. The summed E-state index contributed by atoms with van der Waals surface area (Å²) in [7, 11) is 1.17. The standard InChI is InChI=1S/C18H16Cl2F2N2O3/c1-27-18(26)15(7-10-5-6-11(21)8-14(10)22)23-9-16(25)24-17-12(19)3-2-4-13(17)20/h2-6,8,15,23H,7,9H2,1H3,(H,24,25). The fourth-order valence-electron chi connectivity index (χ4n) is 2.30. The van der Waals surface area contributed by atoms with Crippen LogP contribution in [-0.4, -0.2) is 31.6 Å². The molecule has 0 fully saturated rings. The van der Waals surface area contributed by atoms with Crippen molar-refractivity contribution in [2.75, 3.05) is 19.0 Å². The number of amides is 1. The van der Waals surface area contributed by atoms with Crippen molar-refractivity contribution in [3.8, 4) is 0 Å². The highest BCUT2D eigenvalue weighted by molar-refractivity contribution is 6.39. The van der Waals surface area contributed by atoms with Gasteiger partial charge in [0.15, 0.2) is 0 Å². The first-order valence-electron chi connectivity index (χ1n) is 7.80. The molecule has 1 atom stereocenters. The van der Waals surface area contributed by atoms with Crippen LogP contribution in [0.15, 0.2) is 36.4 Å². The topological polar surface area (TPSA) is 67.4 Å². The monoisotopic (exact) mass is 416 g/mol. The second kappa shape index (κ2) is 9.64. The number of nitrogens with one attached hydrogen (secondary N) is 2. The molecule has 2 rings (SSSR count). The van der Waals surface area contributed by atoms with Crippen molar-refractivity contribution in [2.24, 2.45) is 0 Å². The summed E-state index contributed by atoms with van der Waals surface area (Å²) in [5.41, 5.74) is 0.348. The van der Waals surface area contributed by atoms with E-state index in [0.717, 1.165) is 12.1 Å². The van der Waals surface area contributed by atoms with Gasteiger partial charge in [0.25, 0.3) is 0 Å². The molecular formula is C18H16Cl2F2N2O3. The largest absolute Gasteiger partial charge is 0.468 e. The van der Waals surface area contributed by atoms with Crippen molar-refractivity contribution in [1.82, 2.24) is 5.32 Å². The normalized spacial score (nSPS) is 11.7. The van der Waals surface area contributed by atoms with Crippen LogP contribution in [-0.2, 0) is 20.7 Å². The molecule has 144 valence electrons. The Morgan fingerprint density at radius 1 is 1.15 bits per heavy atom. The number of esters is 1. The van der Waals surface area contributed by atoms with Gasteiger partial charge in [0.05, 0.1) is 29.4 Å². The average molecular weight is 417 g/mol. The lowest BCUT2D eigenvalue weighted by atomic mass is 10.1. The number of anilines is 1. The Bertz CT molecular complexity index is 829. The molecule has 0 aliphatic rings. The van der Waals surface area contributed by atoms with Gasteiger partial charge in [-0.3, -0.25) is 14.9 Å². The molecule has 0 radical (unpaired) electrons. The summed E-state index contributed by atoms with van der Waals surface area (Å²) in [6.45, 7) is -0.288. The Kier molecular flexibility index (Phi) is 7.53. The SMILES string of the molecule is COC(=O)C(Cc1ccc(F)cc1F)NCC(=O)Nc1c(Cl)cccc1Cl. The molecule has 0 saturated heterocycles. The summed E-state index contributed by atoms with van der Waals surface area (Å²) in [4.78, 5) is 24.0. The Balaban J connectivity index is 2.03. The number of ether oxygens (including phenoxy) is 1. The van der Waals surface area contributed by atoms with Crippen LogP contribution in [0.2, 0.25) is 10.0 Å². The smallest absolute Gasteiger partial charge is 0.323 e. The van der Waals surface area contributed by atoms with Gasteiger partial charge in [0, 0.05) is 12.5 Å². The average Bonchev–Trinajstić information content (AvgIpc) is 2.62. The quantitative estimate of drug-likeness (QED) is 0.676. The lowest BCUT2D eigenvalue weighted by Gasteiger charge is -2.17. The van der Waals surface area contributed by atoms with Crippen molar-refractivity contribution in [1.29, 1.82) is 0 Å². The van der Waals surface area contributed by atoms with Gasteiger partial charge < -0.3 is 10.1 Å². The molecule has 0 saturated carbocycles. The van der Waals surface area contributed by atoms with E-state index in [1.807, 2.05) is 0 Å². The first kappa shape index (κ1) is 21.1. The van der Waals surface area contributed by atoms with Crippen molar-refractivity contribution < 1.29 is 23.1 Å². The summed E-state index contributed by atoms with van der Waals surface area (Å²) in [6.07, 6.45) is -0.126. The first-order valence-corrected chi connectivity index (χ1v) is 8.56. The third kappa shape index (κ3) is 5.89. The molecule has 0 bridgehead atoms. The highest BCUT2D eigenvalue weighted by Crippen LogP contribution is 2.29. The number of rotatable bonds is 7.